The number of hydrogen-bond acceptors (Lipinski definition) is 2. The average molecular weight is 334 g/mol. The van der Waals surface area contributed by atoms with E-state index in [0.717, 1.165) is 11.1 Å². The molecule has 0 aliphatic rings. The van der Waals surface area contributed by atoms with Crippen LogP contribution >= 0.6 is 12.4 Å². The Morgan fingerprint density at radius 1 is 0.826 bits per heavy atom. The van der Waals surface area contributed by atoms with Crippen LogP contribution in [0.25, 0.3) is 0 Å². The normalized spacial score (nSPS) is 13.3. The van der Waals surface area contributed by atoms with E-state index in [4.69, 9.17) is 5.73 Å². The molecule has 0 radical (unpaired) electrons. The third-order valence-corrected chi connectivity index (χ3v) is 5.09. The number of aliphatic hydroxyl groups is 1. The molecule has 0 bridgehead atoms. The minimum Gasteiger partial charge on any atom is -0.391 e. The van der Waals surface area contributed by atoms with Crippen LogP contribution in [0.4, 0.5) is 0 Å². The SMILES string of the molecule is Cc1c(C)c(C)c([C@@H](N)[C@@H](O)Cc2ccccc2)c(C)c1C.Cl. The molecule has 2 nitrogen and oxygen atoms in total. The second-order valence-electron chi connectivity index (χ2n) is 6.32. The molecule has 0 saturated heterocycles. The van der Waals surface area contributed by atoms with Crippen molar-refractivity contribution in [3.8, 4) is 0 Å². The van der Waals surface area contributed by atoms with Crippen molar-refractivity contribution < 1.29 is 5.11 Å². The van der Waals surface area contributed by atoms with Crippen LogP contribution in [0.5, 0.6) is 0 Å². The molecule has 0 fully saturated rings. The molecular formula is C20H28ClNO. The Kier molecular flexibility index (Phi) is 6.82. The summed E-state index contributed by atoms with van der Waals surface area (Å²) in [6.45, 7) is 10.6. The molecule has 0 aliphatic heterocycles. The van der Waals surface area contributed by atoms with Crippen LogP contribution in [0.3, 0.4) is 0 Å². The largest absolute Gasteiger partial charge is 0.391 e. The van der Waals surface area contributed by atoms with Gasteiger partial charge in [0.05, 0.1) is 12.1 Å². The van der Waals surface area contributed by atoms with E-state index in [1.165, 1.54) is 27.8 Å². The molecule has 0 aromatic heterocycles. The first-order valence-corrected chi connectivity index (χ1v) is 7.89. The Balaban J connectivity index is 0.00000264. The highest BCUT2D eigenvalue weighted by Gasteiger charge is 2.23. The van der Waals surface area contributed by atoms with E-state index >= 15 is 0 Å². The molecule has 3 N–H and O–H groups in total. The highest BCUT2D eigenvalue weighted by atomic mass is 35.5. The van der Waals surface area contributed by atoms with Gasteiger partial charge in [0.2, 0.25) is 0 Å². The van der Waals surface area contributed by atoms with Gasteiger partial charge in [0.1, 0.15) is 0 Å². The van der Waals surface area contributed by atoms with Crippen LogP contribution in [-0.4, -0.2) is 11.2 Å². The summed E-state index contributed by atoms with van der Waals surface area (Å²) >= 11 is 0. The molecule has 2 aromatic carbocycles. The predicted molar refractivity (Wildman–Crippen MR) is 100 cm³/mol. The van der Waals surface area contributed by atoms with Crippen LogP contribution in [0.2, 0.25) is 0 Å². The van der Waals surface area contributed by atoms with Crippen molar-refractivity contribution in [2.24, 2.45) is 5.73 Å². The van der Waals surface area contributed by atoms with Gasteiger partial charge in [-0.15, -0.1) is 12.4 Å². The Bertz CT molecular complexity index is 638. The zero-order valence-corrected chi connectivity index (χ0v) is 15.5. The minimum absolute atomic E-state index is 0. The Labute approximate surface area is 146 Å². The first-order valence-electron chi connectivity index (χ1n) is 7.89. The number of hydrogen-bond donors (Lipinski definition) is 2. The maximum absolute atomic E-state index is 10.6. The maximum Gasteiger partial charge on any atom is 0.0773 e. The summed E-state index contributed by atoms with van der Waals surface area (Å²) in [4.78, 5) is 0. The highest BCUT2D eigenvalue weighted by molar-refractivity contribution is 5.85. The van der Waals surface area contributed by atoms with E-state index in [-0.39, 0.29) is 18.4 Å². The Morgan fingerprint density at radius 2 is 1.26 bits per heavy atom. The lowest BCUT2D eigenvalue weighted by Gasteiger charge is -2.26. The van der Waals surface area contributed by atoms with Gasteiger partial charge in [0, 0.05) is 6.42 Å². The Hall–Kier alpha value is -1.35. The zero-order valence-electron chi connectivity index (χ0n) is 14.7. The van der Waals surface area contributed by atoms with Gasteiger partial charge in [-0.25, -0.2) is 0 Å². The summed E-state index contributed by atoms with van der Waals surface area (Å²) < 4.78 is 0. The summed E-state index contributed by atoms with van der Waals surface area (Å²) in [5, 5.41) is 10.6. The fourth-order valence-electron chi connectivity index (χ4n) is 3.20. The fourth-order valence-corrected chi connectivity index (χ4v) is 3.20. The van der Waals surface area contributed by atoms with E-state index in [1.54, 1.807) is 0 Å². The van der Waals surface area contributed by atoms with Crippen molar-refractivity contribution in [2.45, 2.75) is 53.2 Å². The second-order valence-corrected chi connectivity index (χ2v) is 6.32. The summed E-state index contributed by atoms with van der Waals surface area (Å²) in [6.07, 6.45) is -0.00588. The average Bonchev–Trinajstić information content (AvgIpc) is 2.52. The molecular weight excluding hydrogens is 306 g/mol. The Morgan fingerprint density at radius 3 is 1.74 bits per heavy atom. The molecule has 0 aliphatic carbocycles. The second kappa shape index (κ2) is 7.96. The third kappa shape index (κ3) is 3.95. The van der Waals surface area contributed by atoms with Crippen molar-refractivity contribution in [3.63, 3.8) is 0 Å². The van der Waals surface area contributed by atoms with Crippen molar-refractivity contribution in [2.75, 3.05) is 0 Å². The summed E-state index contributed by atoms with van der Waals surface area (Å²) in [6, 6.07) is 9.66. The number of rotatable bonds is 4. The molecule has 2 aromatic rings. The van der Waals surface area contributed by atoms with Gasteiger partial charge in [-0.1, -0.05) is 30.3 Å². The van der Waals surface area contributed by atoms with Crippen molar-refractivity contribution in [3.05, 3.63) is 69.3 Å². The van der Waals surface area contributed by atoms with Gasteiger partial charge in [-0.3, -0.25) is 0 Å². The van der Waals surface area contributed by atoms with Crippen LogP contribution in [0.15, 0.2) is 30.3 Å². The van der Waals surface area contributed by atoms with Gasteiger partial charge >= 0.3 is 0 Å². The van der Waals surface area contributed by atoms with E-state index in [9.17, 15) is 5.11 Å². The highest BCUT2D eigenvalue weighted by Crippen LogP contribution is 2.31. The summed E-state index contributed by atoms with van der Waals surface area (Å²) in [5.41, 5.74) is 14.9. The zero-order chi connectivity index (χ0) is 16.4. The van der Waals surface area contributed by atoms with Crippen molar-refractivity contribution in [1.29, 1.82) is 0 Å². The first-order chi connectivity index (χ1) is 10.3. The smallest absolute Gasteiger partial charge is 0.0773 e. The predicted octanol–water partition coefficient (Wildman–Crippen LogP) is 4.25. The molecule has 0 unspecified atom stereocenters. The van der Waals surface area contributed by atoms with Crippen LogP contribution in [-0.2, 0) is 6.42 Å². The first kappa shape index (κ1) is 19.7. The molecule has 2 rings (SSSR count). The molecule has 0 heterocycles. The molecule has 23 heavy (non-hydrogen) atoms. The van der Waals surface area contributed by atoms with E-state index in [2.05, 4.69) is 34.6 Å². The van der Waals surface area contributed by atoms with Crippen molar-refractivity contribution in [1.82, 2.24) is 0 Å². The number of nitrogens with two attached hydrogens (primary N) is 1. The lowest BCUT2D eigenvalue weighted by molar-refractivity contribution is 0.144. The number of halogens is 1. The van der Waals surface area contributed by atoms with Crippen molar-refractivity contribution >= 4 is 12.4 Å². The lowest BCUT2D eigenvalue weighted by atomic mass is 9.84. The molecule has 0 amide bonds. The van der Waals surface area contributed by atoms with Gasteiger partial charge in [0.15, 0.2) is 0 Å². The summed E-state index contributed by atoms with van der Waals surface area (Å²) in [7, 11) is 0. The van der Waals surface area contributed by atoms with E-state index in [0.29, 0.717) is 6.42 Å². The molecule has 126 valence electrons. The number of benzene rings is 2. The fraction of sp³-hybridized carbons (Fsp3) is 0.400. The third-order valence-electron chi connectivity index (χ3n) is 5.09. The van der Waals surface area contributed by atoms with E-state index in [1.807, 2.05) is 30.3 Å². The molecule has 0 saturated carbocycles. The molecule has 2 atom stereocenters. The van der Waals surface area contributed by atoms with Crippen LogP contribution < -0.4 is 5.73 Å². The topological polar surface area (TPSA) is 46.2 Å². The van der Waals surface area contributed by atoms with Gasteiger partial charge in [-0.05, 0) is 73.6 Å². The lowest BCUT2D eigenvalue weighted by Crippen LogP contribution is -2.30. The van der Waals surface area contributed by atoms with Crippen LogP contribution in [0.1, 0.15) is 45.0 Å². The van der Waals surface area contributed by atoms with Gasteiger partial charge < -0.3 is 10.8 Å². The minimum atomic E-state index is -0.582. The van der Waals surface area contributed by atoms with Gasteiger partial charge in [0.25, 0.3) is 0 Å². The van der Waals surface area contributed by atoms with Crippen LogP contribution in [0, 0.1) is 34.6 Å². The standard InChI is InChI=1S/C20H27NO.ClH/c1-12-13(2)15(4)19(16(5)14(12)3)20(21)18(22)11-17-9-7-6-8-10-17;/h6-10,18,20,22H,11,21H2,1-5H3;1H/t18-,20-;/m0./s1. The monoisotopic (exact) mass is 333 g/mol. The molecule has 3 heteroatoms. The maximum atomic E-state index is 10.6. The van der Waals surface area contributed by atoms with Gasteiger partial charge in [-0.2, -0.15) is 0 Å². The quantitative estimate of drug-likeness (QED) is 0.878. The van der Waals surface area contributed by atoms with E-state index < -0.39 is 6.10 Å². The molecule has 0 spiro atoms. The summed E-state index contributed by atoms with van der Waals surface area (Å²) in [5.74, 6) is 0. The number of aliphatic hydroxyl groups excluding tert-OH is 1.